The third-order valence-electron chi connectivity index (χ3n) is 6.69. The largest absolute Gasteiger partial charge is 0.507 e. The summed E-state index contributed by atoms with van der Waals surface area (Å²) in [6, 6.07) is 12.5. The van der Waals surface area contributed by atoms with Gasteiger partial charge in [0, 0.05) is 18.7 Å². The van der Waals surface area contributed by atoms with Crippen molar-refractivity contribution >= 4 is 17.4 Å². The smallest absolute Gasteiger partial charge is 0.295 e. The predicted octanol–water partition coefficient (Wildman–Crippen LogP) is 5.25. The van der Waals surface area contributed by atoms with Crippen molar-refractivity contribution in [3.63, 3.8) is 0 Å². The molecule has 1 N–H and O–H groups in total. The van der Waals surface area contributed by atoms with Gasteiger partial charge in [0.2, 0.25) is 0 Å². The van der Waals surface area contributed by atoms with Crippen molar-refractivity contribution < 1.29 is 19.4 Å². The van der Waals surface area contributed by atoms with Crippen LogP contribution in [-0.2, 0) is 9.59 Å². The molecule has 1 aliphatic heterocycles. The molecule has 2 aromatic carbocycles. The quantitative estimate of drug-likeness (QED) is 0.207. The van der Waals surface area contributed by atoms with E-state index in [1.54, 1.807) is 11.0 Å². The topological polar surface area (TPSA) is 70.1 Å². The number of ketones is 1. The van der Waals surface area contributed by atoms with Gasteiger partial charge in [-0.25, -0.2) is 0 Å². The maximum atomic E-state index is 13.2. The number of hydrogen-bond donors (Lipinski definition) is 1. The van der Waals surface area contributed by atoms with Crippen LogP contribution in [0.15, 0.2) is 48.0 Å². The predicted molar refractivity (Wildman–Crippen MR) is 140 cm³/mol. The van der Waals surface area contributed by atoms with E-state index in [4.69, 9.17) is 4.74 Å². The summed E-state index contributed by atoms with van der Waals surface area (Å²) in [5.41, 5.74) is 3.41. The minimum absolute atomic E-state index is 0.137. The van der Waals surface area contributed by atoms with E-state index < -0.39 is 17.7 Å². The van der Waals surface area contributed by atoms with E-state index in [0.717, 1.165) is 48.4 Å². The summed E-state index contributed by atoms with van der Waals surface area (Å²) in [6.07, 6.45) is 2.01. The number of unbranched alkanes of at least 4 members (excludes halogenated alkanes) is 1. The number of nitrogens with zero attached hydrogens (tertiary/aromatic N) is 2. The van der Waals surface area contributed by atoms with Crippen molar-refractivity contribution in [2.45, 2.75) is 53.5 Å². The van der Waals surface area contributed by atoms with Crippen molar-refractivity contribution in [2.75, 3.05) is 32.8 Å². The van der Waals surface area contributed by atoms with Gasteiger partial charge in [0.05, 0.1) is 18.2 Å². The fourth-order valence-electron chi connectivity index (χ4n) is 4.44. The zero-order chi connectivity index (χ0) is 25.5. The van der Waals surface area contributed by atoms with E-state index >= 15 is 0 Å². The molecule has 3 rings (SSSR count). The molecule has 1 amide bonds. The third-order valence-corrected chi connectivity index (χ3v) is 6.69. The first-order chi connectivity index (χ1) is 16.8. The van der Waals surface area contributed by atoms with Crippen molar-refractivity contribution in [3.05, 3.63) is 70.3 Å². The number of aryl methyl sites for hydroxylation is 2. The standard InChI is InChI=1S/C29H38N2O4/c1-6-9-18-35-24-15-14-23(19-21(24)5)27(32)25-26(22-12-10-20(4)11-13-22)31(29(34)28(25)33)17-16-30(7-2)8-3/h10-15,19,26,32H,6-9,16-18H2,1-5H3/b27-25+. The molecule has 1 unspecified atom stereocenters. The molecule has 1 atom stereocenters. The minimum atomic E-state index is -0.645. The van der Waals surface area contributed by atoms with Gasteiger partial charge in [0.25, 0.3) is 11.7 Å². The highest BCUT2D eigenvalue weighted by atomic mass is 16.5. The Morgan fingerprint density at radius 2 is 1.71 bits per heavy atom. The number of likely N-dealkylation sites (tertiary alicyclic amines) is 1. The lowest BCUT2D eigenvalue weighted by atomic mass is 9.94. The fourth-order valence-corrected chi connectivity index (χ4v) is 4.44. The van der Waals surface area contributed by atoms with Crippen LogP contribution >= 0.6 is 0 Å². The Kier molecular flexibility index (Phi) is 9.10. The van der Waals surface area contributed by atoms with Crippen LogP contribution in [0.4, 0.5) is 0 Å². The van der Waals surface area contributed by atoms with Gasteiger partial charge in [-0.1, -0.05) is 57.0 Å². The van der Waals surface area contributed by atoms with Crippen LogP contribution in [0.5, 0.6) is 5.75 Å². The zero-order valence-corrected chi connectivity index (χ0v) is 21.6. The highest BCUT2D eigenvalue weighted by molar-refractivity contribution is 6.46. The molecule has 1 aliphatic rings. The number of carbonyl (C=O) groups is 2. The number of aliphatic hydroxyl groups excluding tert-OH is 1. The Bertz CT molecular complexity index is 1070. The number of carbonyl (C=O) groups excluding carboxylic acids is 2. The minimum Gasteiger partial charge on any atom is -0.507 e. The van der Waals surface area contributed by atoms with E-state index in [1.165, 1.54) is 0 Å². The molecule has 35 heavy (non-hydrogen) atoms. The molecule has 6 nitrogen and oxygen atoms in total. The average molecular weight is 479 g/mol. The monoisotopic (exact) mass is 478 g/mol. The number of ether oxygens (including phenoxy) is 1. The second-order valence-electron chi connectivity index (χ2n) is 9.11. The van der Waals surface area contributed by atoms with E-state index in [0.29, 0.717) is 25.3 Å². The van der Waals surface area contributed by atoms with Crippen molar-refractivity contribution in [1.82, 2.24) is 9.80 Å². The number of Topliss-reactive ketones (excluding diaryl/α,β-unsaturated/α-hetero) is 1. The second kappa shape index (κ2) is 12.0. The lowest BCUT2D eigenvalue weighted by Gasteiger charge is -2.28. The Labute approximate surface area is 209 Å². The van der Waals surface area contributed by atoms with E-state index in [9.17, 15) is 14.7 Å². The summed E-state index contributed by atoms with van der Waals surface area (Å²) in [6.45, 7) is 13.6. The van der Waals surface area contributed by atoms with Crippen LogP contribution in [-0.4, -0.2) is 59.4 Å². The molecule has 1 fully saturated rings. The molecule has 0 radical (unpaired) electrons. The number of amides is 1. The molecule has 0 spiro atoms. The third kappa shape index (κ3) is 5.93. The summed E-state index contributed by atoms with van der Waals surface area (Å²) in [7, 11) is 0. The van der Waals surface area contributed by atoms with Gasteiger partial charge in [-0.2, -0.15) is 0 Å². The number of hydrogen-bond acceptors (Lipinski definition) is 5. The van der Waals surface area contributed by atoms with Crippen LogP contribution in [0.1, 0.15) is 61.9 Å². The van der Waals surface area contributed by atoms with Crippen LogP contribution in [0.2, 0.25) is 0 Å². The molecule has 2 aromatic rings. The highest BCUT2D eigenvalue weighted by Crippen LogP contribution is 2.39. The maximum Gasteiger partial charge on any atom is 0.295 e. The lowest BCUT2D eigenvalue weighted by Crippen LogP contribution is -2.38. The average Bonchev–Trinajstić information content (AvgIpc) is 3.10. The molecule has 0 aromatic heterocycles. The first-order valence-corrected chi connectivity index (χ1v) is 12.6. The highest BCUT2D eigenvalue weighted by Gasteiger charge is 2.45. The van der Waals surface area contributed by atoms with E-state index in [1.807, 2.05) is 50.2 Å². The van der Waals surface area contributed by atoms with E-state index in [2.05, 4.69) is 25.7 Å². The van der Waals surface area contributed by atoms with Crippen LogP contribution in [0.3, 0.4) is 0 Å². The summed E-state index contributed by atoms with van der Waals surface area (Å²) in [5, 5.41) is 11.3. The van der Waals surface area contributed by atoms with Gasteiger partial charge in [0.15, 0.2) is 0 Å². The second-order valence-corrected chi connectivity index (χ2v) is 9.11. The number of benzene rings is 2. The van der Waals surface area contributed by atoms with Crippen molar-refractivity contribution in [1.29, 1.82) is 0 Å². The Morgan fingerprint density at radius 1 is 1.03 bits per heavy atom. The van der Waals surface area contributed by atoms with Gasteiger partial charge in [-0.05, 0) is 62.7 Å². The Hall–Kier alpha value is -3.12. The molecule has 0 bridgehead atoms. The van der Waals surface area contributed by atoms with Gasteiger partial charge < -0.3 is 19.6 Å². The maximum absolute atomic E-state index is 13.2. The normalized spacial score (nSPS) is 17.4. The first-order valence-electron chi connectivity index (χ1n) is 12.6. The lowest BCUT2D eigenvalue weighted by molar-refractivity contribution is -0.140. The fraction of sp³-hybridized carbons (Fsp3) is 0.448. The molecule has 6 heteroatoms. The molecule has 188 valence electrons. The van der Waals surface area contributed by atoms with Gasteiger partial charge >= 0.3 is 0 Å². The zero-order valence-electron chi connectivity index (χ0n) is 21.6. The van der Waals surface area contributed by atoms with E-state index in [-0.39, 0.29) is 11.3 Å². The Balaban J connectivity index is 2.03. The van der Waals surface area contributed by atoms with Crippen molar-refractivity contribution in [3.8, 4) is 5.75 Å². The molecular weight excluding hydrogens is 440 g/mol. The molecular formula is C29H38N2O4. The van der Waals surface area contributed by atoms with Crippen LogP contribution < -0.4 is 4.74 Å². The number of likely N-dealkylation sites (N-methyl/N-ethyl adjacent to an activating group) is 1. The molecule has 1 saturated heterocycles. The SMILES string of the molecule is CCCCOc1ccc(/C(O)=C2\C(=O)C(=O)N(CCN(CC)CC)C2c2ccc(C)cc2)cc1C. The van der Waals surface area contributed by atoms with Gasteiger partial charge in [-0.3, -0.25) is 9.59 Å². The number of aliphatic hydroxyl groups is 1. The first kappa shape index (κ1) is 26.5. The van der Waals surface area contributed by atoms with Crippen LogP contribution in [0, 0.1) is 13.8 Å². The Morgan fingerprint density at radius 3 is 2.31 bits per heavy atom. The van der Waals surface area contributed by atoms with Gasteiger partial charge in [-0.15, -0.1) is 0 Å². The molecule has 0 aliphatic carbocycles. The summed E-state index contributed by atoms with van der Waals surface area (Å²) in [4.78, 5) is 30.2. The molecule has 0 saturated carbocycles. The molecule has 1 heterocycles. The summed E-state index contributed by atoms with van der Waals surface area (Å²) in [5.74, 6) is -0.610. The van der Waals surface area contributed by atoms with Crippen molar-refractivity contribution in [2.24, 2.45) is 0 Å². The summed E-state index contributed by atoms with van der Waals surface area (Å²) >= 11 is 0. The summed E-state index contributed by atoms with van der Waals surface area (Å²) < 4.78 is 5.84. The van der Waals surface area contributed by atoms with Gasteiger partial charge in [0.1, 0.15) is 11.5 Å². The van der Waals surface area contributed by atoms with Crippen LogP contribution in [0.25, 0.3) is 5.76 Å². The number of rotatable bonds is 11.